The highest BCUT2D eigenvalue weighted by atomic mass is 28.4. The molecule has 4 nitrogen and oxygen atoms in total. The highest BCUT2D eigenvalue weighted by molar-refractivity contribution is 6.71. The van der Waals surface area contributed by atoms with Crippen LogP contribution in [0.3, 0.4) is 0 Å². The minimum Gasteiger partial charge on any atom is -0.544 e. The molecule has 0 spiro atoms. The number of ketones is 1. The van der Waals surface area contributed by atoms with Gasteiger partial charge in [-0.1, -0.05) is 6.92 Å². The molecule has 0 atom stereocenters. The zero-order chi connectivity index (χ0) is 19.6. The fraction of sp³-hybridized carbons (Fsp3) is 0.611. The summed E-state index contributed by atoms with van der Waals surface area (Å²) in [6, 6.07) is 3.74. The summed E-state index contributed by atoms with van der Waals surface area (Å²) in [5, 5.41) is 0. The molecule has 1 aromatic carbocycles. The number of hydrogen-bond donors (Lipinski definition) is 0. The van der Waals surface area contributed by atoms with Gasteiger partial charge >= 0.3 is 0 Å². The fourth-order valence-corrected chi connectivity index (χ4v) is 4.72. The molecule has 0 radical (unpaired) electrons. The topological polar surface area (TPSA) is 44.8 Å². The minimum absolute atomic E-state index is 0.0426. The van der Waals surface area contributed by atoms with Crippen molar-refractivity contribution in [2.24, 2.45) is 0 Å². The maximum atomic E-state index is 12.7. The molecule has 0 saturated carbocycles. The van der Waals surface area contributed by atoms with Crippen LogP contribution >= 0.6 is 0 Å². The molecule has 1 aromatic rings. The van der Waals surface area contributed by atoms with Crippen molar-refractivity contribution in [2.45, 2.75) is 72.3 Å². The molecular formula is C18H34O4Si3. The first-order chi connectivity index (χ1) is 11.1. The van der Waals surface area contributed by atoms with Crippen LogP contribution in [-0.4, -0.2) is 30.7 Å². The number of carbonyl (C=O) groups is 1. The zero-order valence-electron chi connectivity index (χ0n) is 17.5. The second-order valence-electron chi connectivity index (χ2n) is 9.21. The van der Waals surface area contributed by atoms with Gasteiger partial charge in [0.2, 0.25) is 25.0 Å². The van der Waals surface area contributed by atoms with Gasteiger partial charge in [-0.3, -0.25) is 4.79 Å². The summed E-state index contributed by atoms with van der Waals surface area (Å²) < 4.78 is 18.7. The van der Waals surface area contributed by atoms with E-state index in [1.165, 1.54) is 0 Å². The van der Waals surface area contributed by atoms with Crippen molar-refractivity contribution in [3.05, 3.63) is 17.7 Å². The smallest absolute Gasteiger partial charge is 0.242 e. The van der Waals surface area contributed by atoms with Crippen LogP contribution in [0.5, 0.6) is 17.2 Å². The van der Waals surface area contributed by atoms with Crippen molar-refractivity contribution in [2.75, 3.05) is 0 Å². The van der Waals surface area contributed by atoms with Gasteiger partial charge in [-0.15, -0.1) is 0 Å². The molecule has 0 fully saturated rings. The molecule has 0 aromatic heterocycles. The maximum absolute atomic E-state index is 12.7. The SMILES string of the molecule is CCC(=O)c1c(O[Si](C)(C)C)cc(O[Si](C)(C)C)cc1O[Si](C)(C)C. The van der Waals surface area contributed by atoms with Gasteiger partial charge in [-0.05, 0) is 58.9 Å². The van der Waals surface area contributed by atoms with Crippen LogP contribution in [0.1, 0.15) is 23.7 Å². The first-order valence-corrected chi connectivity index (χ1v) is 19.1. The van der Waals surface area contributed by atoms with Crippen LogP contribution in [0.4, 0.5) is 0 Å². The zero-order valence-corrected chi connectivity index (χ0v) is 20.5. The third kappa shape index (κ3) is 7.79. The summed E-state index contributed by atoms with van der Waals surface area (Å²) in [6.07, 6.45) is 0.415. The van der Waals surface area contributed by atoms with E-state index in [9.17, 15) is 4.79 Å². The second kappa shape index (κ2) is 7.67. The predicted molar refractivity (Wildman–Crippen MR) is 113 cm³/mol. The van der Waals surface area contributed by atoms with E-state index in [0.717, 1.165) is 5.75 Å². The summed E-state index contributed by atoms with van der Waals surface area (Å²) in [5.41, 5.74) is 0.565. The lowest BCUT2D eigenvalue weighted by atomic mass is 10.1. The monoisotopic (exact) mass is 398 g/mol. The first kappa shape index (κ1) is 22.0. The molecule has 0 unspecified atom stereocenters. The highest BCUT2D eigenvalue weighted by Crippen LogP contribution is 2.38. The molecule has 0 saturated heterocycles. The van der Waals surface area contributed by atoms with Crippen LogP contribution < -0.4 is 13.3 Å². The van der Waals surface area contributed by atoms with Crippen LogP contribution in [-0.2, 0) is 0 Å². The van der Waals surface area contributed by atoms with E-state index in [1.54, 1.807) is 0 Å². The Morgan fingerprint density at radius 3 is 1.40 bits per heavy atom. The first-order valence-electron chi connectivity index (χ1n) is 8.89. The Morgan fingerprint density at radius 2 is 1.12 bits per heavy atom. The fourth-order valence-electron chi connectivity index (χ4n) is 2.25. The summed E-state index contributed by atoms with van der Waals surface area (Å²) in [6.45, 7) is 20.9. The van der Waals surface area contributed by atoms with E-state index in [-0.39, 0.29) is 5.78 Å². The molecule has 0 aliphatic heterocycles. The van der Waals surface area contributed by atoms with Crippen molar-refractivity contribution in [3.8, 4) is 17.2 Å². The molecule has 7 heteroatoms. The highest BCUT2D eigenvalue weighted by Gasteiger charge is 2.28. The van der Waals surface area contributed by atoms with E-state index >= 15 is 0 Å². The summed E-state index contributed by atoms with van der Waals surface area (Å²) >= 11 is 0. The molecule has 0 N–H and O–H groups in total. The van der Waals surface area contributed by atoms with Gasteiger partial charge < -0.3 is 13.3 Å². The molecule has 0 heterocycles. The van der Waals surface area contributed by atoms with Gasteiger partial charge in [-0.25, -0.2) is 0 Å². The Labute approximate surface area is 156 Å². The summed E-state index contributed by atoms with van der Waals surface area (Å²) in [5.74, 6) is 1.99. The van der Waals surface area contributed by atoms with Gasteiger partial charge in [0.05, 0.1) is 5.56 Å². The molecule has 1 rings (SSSR count). The normalized spacial score (nSPS) is 12.7. The Balaban J connectivity index is 3.59. The molecule has 25 heavy (non-hydrogen) atoms. The van der Waals surface area contributed by atoms with Gasteiger partial charge in [-0.2, -0.15) is 0 Å². The van der Waals surface area contributed by atoms with Crippen molar-refractivity contribution >= 4 is 30.7 Å². The summed E-state index contributed by atoms with van der Waals surface area (Å²) in [4.78, 5) is 12.7. The second-order valence-corrected chi connectivity index (χ2v) is 22.5. The molecular weight excluding hydrogens is 364 g/mol. The van der Waals surface area contributed by atoms with E-state index in [1.807, 2.05) is 19.1 Å². The van der Waals surface area contributed by atoms with Gasteiger partial charge in [0.15, 0.2) is 5.78 Å². The van der Waals surface area contributed by atoms with E-state index in [2.05, 4.69) is 58.9 Å². The number of carbonyl (C=O) groups excluding carboxylic acids is 1. The lowest BCUT2D eigenvalue weighted by molar-refractivity contribution is 0.0984. The van der Waals surface area contributed by atoms with Crippen LogP contribution in [0.15, 0.2) is 12.1 Å². The van der Waals surface area contributed by atoms with Crippen molar-refractivity contribution in [1.29, 1.82) is 0 Å². The maximum Gasteiger partial charge on any atom is 0.242 e. The number of rotatable bonds is 8. The molecule has 0 bridgehead atoms. The Hall–Kier alpha value is -1.06. The quantitative estimate of drug-likeness (QED) is 0.403. The third-order valence-corrected chi connectivity index (χ3v) is 5.41. The molecule has 0 amide bonds. The van der Waals surface area contributed by atoms with E-state index < -0.39 is 25.0 Å². The summed E-state index contributed by atoms with van der Waals surface area (Å²) in [7, 11) is -5.57. The minimum atomic E-state index is -1.89. The van der Waals surface area contributed by atoms with Gasteiger partial charge in [0, 0.05) is 18.6 Å². The van der Waals surface area contributed by atoms with Crippen LogP contribution in [0.2, 0.25) is 58.9 Å². The van der Waals surface area contributed by atoms with Crippen molar-refractivity contribution < 1.29 is 18.1 Å². The number of hydrogen-bond acceptors (Lipinski definition) is 4. The Kier molecular flexibility index (Phi) is 6.75. The van der Waals surface area contributed by atoms with E-state index in [0.29, 0.717) is 23.5 Å². The number of benzene rings is 1. The Bertz CT molecular complexity index is 586. The van der Waals surface area contributed by atoms with Crippen molar-refractivity contribution in [3.63, 3.8) is 0 Å². The number of Topliss-reactive ketones (excluding diaryl/α,β-unsaturated/α-hetero) is 1. The lowest BCUT2D eigenvalue weighted by Crippen LogP contribution is -2.33. The molecule has 0 aliphatic rings. The standard InChI is InChI=1S/C18H34O4Si3/c1-11-15(19)18-16(21-24(5,6)7)12-14(20-23(2,3)4)13-17(18)22-25(8,9)10/h12-13H,11H2,1-10H3. The third-order valence-electron chi connectivity index (χ3n) is 2.90. The van der Waals surface area contributed by atoms with E-state index in [4.69, 9.17) is 13.3 Å². The molecule has 142 valence electrons. The lowest BCUT2D eigenvalue weighted by Gasteiger charge is -2.28. The van der Waals surface area contributed by atoms with Gasteiger partial charge in [0.25, 0.3) is 0 Å². The largest absolute Gasteiger partial charge is 0.544 e. The molecule has 0 aliphatic carbocycles. The average molecular weight is 399 g/mol. The predicted octanol–water partition coefficient (Wildman–Crippen LogP) is 5.92. The van der Waals surface area contributed by atoms with Crippen LogP contribution in [0.25, 0.3) is 0 Å². The van der Waals surface area contributed by atoms with Gasteiger partial charge in [0.1, 0.15) is 17.2 Å². The Morgan fingerprint density at radius 1 is 0.760 bits per heavy atom. The van der Waals surface area contributed by atoms with Crippen LogP contribution in [0, 0.1) is 0 Å². The van der Waals surface area contributed by atoms with Crippen molar-refractivity contribution in [1.82, 2.24) is 0 Å². The average Bonchev–Trinajstić information content (AvgIpc) is 2.31.